The van der Waals surface area contributed by atoms with Crippen LogP contribution in [0, 0.1) is 0 Å². The maximum atomic E-state index is 10.2. The van der Waals surface area contributed by atoms with Crippen molar-refractivity contribution in [1.29, 1.82) is 0 Å². The Hall–Kier alpha value is -2.01. The predicted octanol–water partition coefficient (Wildman–Crippen LogP) is -0.803. The minimum absolute atomic E-state index is 0.0906. The molecule has 1 aliphatic heterocycles. The smallest absolute Gasteiger partial charge is 0.320 e. The van der Waals surface area contributed by atoms with Crippen molar-refractivity contribution in [3.8, 4) is 6.01 Å². The molecular formula is C14H21N5O5. The maximum absolute atomic E-state index is 10.2. The van der Waals surface area contributed by atoms with E-state index < -0.39 is 31.1 Å². The van der Waals surface area contributed by atoms with E-state index in [0.29, 0.717) is 11.2 Å². The molecule has 0 saturated carbocycles. The average Bonchev–Trinajstić information content (AvgIpc) is 3.10. The summed E-state index contributed by atoms with van der Waals surface area (Å²) >= 11 is 0. The number of rotatable bonds is 5. The number of aliphatic hydroxyl groups is 3. The van der Waals surface area contributed by atoms with Gasteiger partial charge in [-0.25, -0.2) is 4.98 Å². The summed E-state index contributed by atoms with van der Waals surface area (Å²) in [7, 11) is 0. The molecule has 2 aromatic heterocycles. The summed E-state index contributed by atoms with van der Waals surface area (Å²) in [6.45, 7) is 3.43. The molecule has 2 aromatic rings. The van der Waals surface area contributed by atoms with Crippen LogP contribution in [0.4, 0.5) is 5.82 Å². The number of ether oxygens (including phenoxy) is 2. The molecule has 3 heterocycles. The van der Waals surface area contributed by atoms with Crippen molar-refractivity contribution in [1.82, 2.24) is 19.5 Å². The number of nitrogens with two attached hydrogens (primary N) is 1. The van der Waals surface area contributed by atoms with Gasteiger partial charge in [0.25, 0.3) is 0 Å². The van der Waals surface area contributed by atoms with Crippen molar-refractivity contribution in [2.75, 3.05) is 12.3 Å². The van der Waals surface area contributed by atoms with Crippen molar-refractivity contribution in [3.63, 3.8) is 0 Å². The van der Waals surface area contributed by atoms with E-state index in [1.807, 2.05) is 13.8 Å². The van der Waals surface area contributed by atoms with Crippen LogP contribution in [0.25, 0.3) is 11.2 Å². The highest BCUT2D eigenvalue weighted by Crippen LogP contribution is 2.32. The molecule has 3 rings (SSSR count). The number of aromatic nitrogens is 4. The van der Waals surface area contributed by atoms with Gasteiger partial charge in [0.1, 0.15) is 18.3 Å². The molecular weight excluding hydrogens is 318 g/mol. The third-order valence-corrected chi connectivity index (χ3v) is 4.10. The van der Waals surface area contributed by atoms with Crippen LogP contribution in [0.3, 0.4) is 0 Å². The summed E-state index contributed by atoms with van der Waals surface area (Å²) < 4.78 is 12.5. The van der Waals surface area contributed by atoms with E-state index in [1.165, 1.54) is 10.9 Å². The van der Waals surface area contributed by atoms with Gasteiger partial charge in [0, 0.05) is 0 Å². The van der Waals surface area contributed by atoms with E-state index in [1.54, 1.807) is 0 Å². The fraction of sp³-hybridized carbons (Fsp3) is 0.643. The quantitative estimate of drug-likeness (QED) is 0.549. The summed E-state index contributed by atoms with van der Waals surface area (Å²) in [5.41, 5.74) is 6.55. The largest absolute Gasteiger partial charge is 0.460 e. The fourth-order valence-corrected chi connectivity index (χ4v) is 2.53. The van der Waals surface area contributed by atoms with E-state index in [2.05, 4.69) is 15.0 Å². The van der Waals surface area contributed by atoms with E-state index in [0.717, 1.165) is 6.42 Å². The lowest BCUT2D eigenvalue weighted by atomic mass is 10.1. The van der Waals surface area contributed by atoms with Gasteiger partial charge in [-0.05, 0) is 13.3 Å². The Bertz CT molecular complexity index is 723. The summed E-state index contributed by atoms with van der Waals surface area (Å²) in [5, 5.41) is 29.3. The molecule has 0 amide bonds. The number of nitrogens with zero attached hydrogens (tertiary/aromatic N) is 4. The molecule has 0 spiro atoms. The molecule has 5 N–H and O–H groups in total. The van der Waals surface area contributed by atoms with E-state index >= 15 is 0 Å². The van der Waals surface area contributed by atoms with E-state index in [4.69, 9.17) is 15.2 Å². The summed E-state index contributed by atoms with van der Waals surface area (Å²) in [6, 6.07) is 0.0999. The lowest BCUT2D eigenvalue weighted by molar-refractivity contribution is -0.0511. The highest BCUT2D eigenvalue weighted by Gasteiger charge is 2.44. The molecule has 10 heteroatoms. The van der Waals surface area contributed by atoms with Crippen LogP contribution < -0.4 is 10.5 Å². The topological polar surface area (TPSA) is 149 Å². The van der Waals surface area contributed by atoms with E-state index in [-0.39, 0.29) is 17.9 Å². The molecule has 0 bridgehead atoms. The Morgan fingerprint density at radius 3 is 2.75 bits per heavy atom. The zero-order chi connectivity index (χ0) is 17.4. The summed E-state index contributed by atoms with van der Waals surface area (Å²) in [6.07, 6.45) is -2.22. The highest BCUT2D eigenvalue weighted by molar-refractivity contribution is 5.82. The summed E-state index contributed by atoms with van der Waals surface area (Å²) in [4.78, 5) is 12.5. The van der Waals surface area contributed by atoms with Crippen molar-refractivity contribution in [2.24, 2.45) is 0 Å². The second kappa shape index (κ2) is 6.48. The number of aliphatic hydroxyl groups excluding tert-OH is 3. The number of anilines is 1. The second-order valence-electron chi connectivity index (χ2n) is 5.78. The Labute approximate surface area is 137 Å². The van der Waals surface area contributed by atoms with E-state index in [9.17, 15) is 15.3 Å². The SMILES string of the molecule is CCC(C)Oc1nc(N)c2ncn(C3O[C@@H](CO)[C@H](O)[C@@H]3O)c2n1. The predicted molar refractivity (Wildman–Crippen MR) is 83.1 cm³/mol. The zero-order valence-electron chi connectivity index (χ0n) is 13.4. The Morgan fingerprint density at radius 1 is 1.38 bits per heavy atom. The molecule has 1 saturated heterocycles. The third-order valence-electron chi connectivity index (χ3n) is 4.10. The van der Waals surface area contributed by atoms with Crippen LogP contribution in [-0.2, 0) is 4.74 Å². The number of nitrogen functional groups attached to an aromatic ring is 1. The Balaban J connectivity index is 2.00. The van der Waals surface area contributed by atoms with Crippen molar-refractivity contribution in [3.05, 3.63) is 6.33 Å². The maximum Gasteiger partial charge on any atom is 0.320 e. The molecule has 0 aliphatic carbocycles. The van der Waals surface area contributed by atoms with Gasteiger partial charge < -0.3 is 30.5 Å². The first-order valence-electron chi connectivity index (χ1n) is 7.75. The van der Waals surface area contributed by atoms with Gasteiger partial charge >= 0.3 is 6.01 Å². The number of imidazole rings is 1. The second-order valence-corrected chi connectivity index (χ2v) is 5.78. The number of hydrogen-bond acceptors (Lipinski definition) is 9. The number of fused-ring (bicyclic) bond motifs is 1. The fourth-order valence-electron chi connectivity index (χ4n) is 2.53. The highest BCUT2D eigenvalue weighted by atomic mass is 16.6. The zero-order valence-corrected chi connectivity index (χ0v) is 13.4. The van der Waals surface area contributed by atoms with Crippen LogP contribution in [0.15, 0.2) is 6.33 Å². The van der Waals surface area contributed by atoms with Crippen LogP contribution in [-0.4, -0.2) is 65.9 Å². The lowest BCUT2D eigenvalue weighted by Crippen LogP contribution is -2.33. The lowest BCUT2D eigenvalue weighted by Gasteiger charge is -2.17. The van der Waals surface area contributed by atoms with Gasteiger partial charge in [0.15, 0.2) is 23.2 Å². The molecule has 2 unspecified atom stereocenters. The van der Waals surface area contributed by atoms with Gasteiger partial charge in [0.05, 0.1) is 19.0 Å². The first-order chi connectivity index (χ1) is 11.5. The van der Waals surface area contributed by atoms with Crippen LogP contribution in [0.1, 0.15) is 26.5 Å². The molecule has 24 heavy (non-hydrogen) atoms. The van der Waals surface area contributed by atoms with Gasteiger partial charge in [-0.1, -0.05) is 6.92 Å². The van der Waals surface area contributed by atoms with Crippen molar-refractivity contribution >= 4 is 17.0 Å². The molecule has 1 aliphatic rings. The van der Waals surface area contributed by atoms with Crippen molar-refractivity contribution in [2.45, 2.75) is 50.9 Å². The third kappa shape index (κ3) is 2.77. The van der Waals surface area contributed by atoms with Gasteiger partial charge in [-0.15, -0.1) is 0 Å². The molecule has 132 valence electrons. The molecule has 0 radical (unpaired) electrons. The first-order valence-corrected chi connectivity index (χ1v) is 7.75. The normalized spacial score (nSPS) is 28.4. The molecule has 1 fully saturated rings. The number of hydrogen-bond donors (Lipinski definition) is 4. The molecule has 10 nitrogen and oxygen atoms in total. The Morgan fingerprint density at radius 2 is 2.12 bits per heavy atom. The van der Waals surface area contributed by atoms with Crippen LogP contribution in [0.5, 0.6) is 6.01 Å². The van der Waals surface area contributed by atoms with Crippen molar-refractivity contribution < 1.29 is 24.8 Å². The van der Waals surface area contributed by atoms with Crippen LogP contribution >= 0.6 is 0 Å². The molecule has 5 atom stereocenters. The minimum Gasteiger partial charge on any atom is -0.460 e. The van der Waals surface area contributed by atoms with Crippen LogP contribution in [0.2, 0.25) is 0 Å². The average molecular weight is 339 g/mol. The van der Waals surface area contributed by atoms with Gasteiger partial charge in [0.2, 0.25) is 0 Å². The van der Waals surface area contributed by atoms with Gasteiger partial charge in [-0.2, -0.15) is 9.97 Å². The summed E-state index contributed by atoms with van der Waals surface area (Å²) in [5.74, 6) is 0.142. The Kier molecular flexibility index (Phi) is 4.54. The standard InChI is InChI=1S/C14H21N5O5/c1-3-6(2)23-14-17-11(15)8-12(18-14)19(5-16-8)13-10(22)9(21)7(4-20)24-13/h5-7,9-10,13,20-22H,3-4H2,1-2H3,(H2,15,17,18)/t6?,7-,9-,10-,13?/m0/s1. The molecule has 0 aromatic carbocycles. The van der Waals surface area contributed by atoms with Gasteiger partial charge in [-0.3, -0.25) is 4.57 Å². The first kappa shape index (κ1) is 16.8. The minimum atomic E-state index is -1.24. The monoisotopic (exact) mass is 339 g/mol.